The number of ether oxygens (including phenoxy) is 1. The monoisotopic (exact) mass is 437 g/mol. The van der Waals surface area contributed by atoms with Gasteiger partial charge < -0.3 is 15.4 Å². The van der Waals surface area contributed by atoms with E-state index < -0.39 is 12.4 Å². The van der Waals surface area contributed by atoms with E-state index in [0.717, 1.165) is 16.8 Å². The molecule has 0 radical (unpaired) electrons. The molecule has 1 atom stereocenters. The molecule has 2 rings (SSSR count). The predicted molar refractivity (Wildman–Crippen MR) is 112 cm³/mol. The van der Waals surface area contributed by atoms with Crippen molar-refractivity contribution < 1.29 is 27.5 Å². The molecule has 0 saturated carbocycles. The molecule has 9 heteroatoms. The van der Waals surface area contributed by atoms with Crippen LogP contribution in [-0.2, 0) is 16.1 Å². The van der Waals surface area contributed by atoms with Crippen LogP contribution in [0.1, 0.15) is 23.6 Å². The highest BCUT2D eigenvalue weighted by molar-refractivity contribution is 5.96. The predicted octanol–water partition coefficient (Wildman–Crippen LogP) is 3.78. The second kappa shape index (κ2) is 10.3. The van der Waals surface area contributed by atoms with E-state index in [9.17, 15) is 22.8 Å². The first-order chi connectivity index (χ1) is 14.5. The standard InChI is InChI=1S/C22H26F3N3O3/c1-14-6-5-7-15(2)20(14)27-19(29)12-26-21(30)16(3)28(4)13-17-8-10-18(11-9-17)31-22(23,24)25/h5-11,16H,12-13H2,1-4H3,(H,26,30)(H,27,29). The van der Waals surface area contributed by atoms with Crippen LogP contribution >= 0.6 is 0 Å². The maximum atomic E-state index is 12.4. The third kappa shape index (κ3) is 7.60. The number of carbonyl (C=O) groups is 2. The largest absolute Gasteiger partial charge is 0.573 e. The van der Waals surface area contributed by atoms with Crippen molar-refractivity contribution in [2.45, 2.75) is 39.7 Å². The van der Waals surface area contributed by atoms with Gasteiger partial charge in [-0.15, -0.1) is 13.2 Å². The molecule has 0 aliphatic heterocycles. The third-order valence-corrected chi connectivity index (χ3v) is 4.80. The molecule has 0 fully saturated rings. The number of benzene rings is 2. The number of halogens is 3. The summed E-state index contributed by atoms with van der Waals surface area (Å²) in [5.41, 5.74) is 3.30. The molecular formula is C22H26F3N3O3. The zero-order valence-electron chi connectivity index (χ0n) is 17.8. The van der Waals surface area contributed by atoms with Crippen LogP contribution in [0.5, 0.6) is 5.75 Å². The molecule has 2 N–H and O–H groups in total. The molecule has 0 aromatic heterocycles. The Balaban J connectivity index is 1.84. The lowest BCUT2D eigenvalue weighted by Crippen LogP contribution is -2.45. The fourth-order valence-electron chi connectivity index (χ4n) is 2.93. The number of hydrogen-bond acceptors (Lipinski definition) is 4. The molecule has 0 aliphatic carbocycles. The average molecular weight is 437 g/mol. The summed E-state index contributed by atoms with van der Waals surface area (Å²) >= 11 is 0. The van der Waals surface area contributed by atoms with E-state index in [-0.39, 0.29) is 24.1 Å². The van der Waals surface area contributed by atoms with Crippen molar-refractivity contribution >= 4 is 17.5 Å². The Morgan fingerprint density at radius 1 is 1.06 bits per heavy atom. The second-order valence-electron chi connectivity index (χ2n) is 7.32. The summed E-state index contributed by atoms with van der Waals surface area (Å²) in [6.07, 6.45) is -4.74. The molecule has 2 amide bonds. The second-order valence-corrected chi connectivity index (χ2v) is 7.32. The van der Waals surface area contributed by atoms with Crippen LogP contribution in [0.3, 0.4) is 0 Å². The van der Waals surface area contributed by atoms with Crippen LogP contribution in [0.2, 0.25) is 0 Å². The van der Waals surface area contributed by atoms with Gasteiger partial charge in [0, 0.05) is 12.2 Å². The summed E-state index contributed by atoms with van der Waals surface area (Å²) in [6.45, 7) is 5.61. The number of nitrogens with zero attached hydrogens (tertiary/aromatic N) is 1. The van der Waals surface area contributed by atoms with E-state index in [2.05, 4.69) is 15.4 Å². The summed E-state index contributed by atoms with van der Waals surface area (Å²) in [6, 6.07) is 10.6. The summed E-state index contributed by atoms with van der Waals surface area (Å²) in [7, 11) is 1.71. The van der Waals surface area contributed by atoms with E-state index in [0.29, 0.717) is 12.1 Å². The highest BCUT2D eigenvalue weighted by atomic mass is 19.4. The van der Waals surface area contributed by atoms with Gasteiger partial charge in [0.15, 0.2) is 0 Å². The third-order valence-electron chi connectivity index (χ3n) is 4.80. The van der Waals surface area contributed by atoms with Gasteiger partial charge in [-0.2, -0.15) is 0 Å². The molecule has 31 heavy (non-hydrogen) atoms. The summed E-state index contributed by atoms with van der Waals surface area (Å²) in [5.74, 6) is -0.975. The molecular weight excluding hydrogens is 411 g/mol. The Hall–Kier alpha value is -3.07. The van der Waals surface area contributed by atoms with Crippen LogP contribution in [0.25, 0.3) is 0 Å². The number of aryl methyl sites for hydroxylation is 2. The van der Waals surface area contributed by atoms with E-state index in [1.807, 2.05) is 32.0 Å². The van der Waals surface area contributed by atoms with E-state index in [1.54, 1.807) is 18.9 Å². The maximum Gasteiger partial charge on any atom is 0.573 e. The fourth-order valence-corrected chi connectivity index (χ4v) is 2.93. The smallest absolute Gasteiger partial charge is 0.406 e. The molecule has 0 bridgehead atoms. The van der Waals surface area contributed by atoms with E-state index in [4.69, 9.17) is 0 Å². The lowest BCUT2D eigenvalue weighted by molar-refractivity contribution is -0.274. The summed E-state index contributed by atoms with van der Waals surface area (Å²) in [4.78, 5) is 26.3. The molecule has 0 saturated heterocycles. The lowest BCUT2D eigenvalue weighted by atomic mass is 10.1. The van der Waals surface area contributed by atoms with Gasteiger partial charge in [0.1, 0.15) is 5.75 Å². The lowest BCUT2D eigenvalue weighted by Gasteiger charge is -2.24. The van der Waals surface area contributed by atoms with Gasteiger partial charge in [-0.1, -0.05) is 30.3 Å². The van der Waals surface area contributed by atoms with Gasteiger partial charge in [-0.05, 0) is 56.6 Å². The van der Waals surface area contributed by atoms with Crippen LogP contribution in [0, 0.1) is 13.8 Å². The van der Waals surface area contributed by atoms with Gasteiger partial charge in [-0.25, -0.2) is 0 Å². The highest BCUT2D eigenvalue weighted by Gasteiger charge is 2.31. The molecule has 1 unspecified atom stereocenters. The van der Waals surface area contributed by atoms with Crippen molar-refractivity contribution in [1.29, 1.82) is 0 Å². The van der Waals surface area contributed by atoms with Gasteiger partial charge >= 0.3 is 6.36 Å². The number of likely N-dealkylation sites (N-methyl/N-ethyl adjacent to an activating group) is 1. The SMILES string of the molecule is Cc1cccc(C)c1NC(=O)CNC(=O)C(C)N(C)Cc1ccc(OC(F)(F)F)cc1. The fraction of sp³-hybridized carbons (Fsp3) is 0.364. The normalized spacial score (nSPS) is 12.4. The molecule has 6 nitrogen and oxygen atoms in total. The number of hydrogen-bond donors (Lipinski definition) is 2. The molecule has 2 aromatic rings. The number of rotatable bonds is 8. The maximum absolute atomic E-state index is 12.4. The molecule has 2 aromatic carbocycles. The van der Waals surface area contributed by atoms with Crippen LogP contribution in [-0.4, -0.2) is 42.7 Å². The molecule has 0 heterocycles. The highest BCUT2D eigenvalue weighted by Crippen LogP contribution is 2.23. The van der Waals surface area contributed by atoms with Crippen LogP contribution in [0.4, 0.5) is 18.9 Å². The number of carbonyl (C=O) groups excluding carboxylic acids is 2. The van der Waals surface area contributed by atoms with Gasteiger partial charge in [-0.3, -0.25) is 14.5 Å². The van der Waals surface area contributed by atoms with Gasteiger partial charge in [0.05, 0.1) is 12.6 Å². The Morgan fingerprint density at radius 2 is 1.65 bits per heavy atom. The summed E-state index contributed by atoms with van der Waals surface area (Å²) < 4.78 is 40.5. The van der Waals surface area contributed by atoms with E-state index in [1.165, 1.54) is 24.3 Å². The number of para-hydroxylation sites is 1. The van der Waals surface area contributed by atoms with Crippen LogP contribution in [0.15, 0.2) is 42.5 Å². The van der Waals surface area contributed by atoms with Crippen molar-refractivity contribution in [3.63, 3.8) is 0 Å². The van der Waals surface area contributed by atoms with Crippen molar-refractivity contribution in [3.05, 3.63) is 59.2 Å². The van der Waals surface area contributed by atoms with Gasteiger partial charge in [0.2, 0.25) is 11.8 Å². The minimum atomic E-state index is -4.74. The topological polar surface area (TPSA) is 70.7 Å². The zero-order valence-corrected chi connectivity index (χ0v) is 17.8. The quantitative estimate of drug-likeness (QED) is 0.660. The number of amides is 2. The van der Waals surface area contributed by atoms with Crippen LogP contribution < -0.4 is 15.4 Å². The molecule has 0 spiro atoms. The first kappa shape index (κ1) is 24.2. The zero-order chi connectivity index (χ0) is 23.2. The van der Waals surface area contributed by atoms with E-state index >= 15 is 0 Å². The Labute approximate surface area is 179 Å². The molecule has 168 valence electrons. The van der Waals surface area contributed by atoms with Crippen molar-refractivity contribution in [3.8, 4) is 5.75 Å². The number of anilines is 1. The first-order valence-electron chi connectivity index (χ1n) is 9.65. The Kier molecular flexibility index (Phi) is 8.04. The van der Waals surface area contributed by atoms with Crippen molar-refractivity contribution in [2.75, 3.05) is 18.9 Å². The Bertz CT molecular complexity index is 894. The number of alkyl halides is 3. The minimum Gasteiger partial charge on any atom is -0.406 e. The van der Waals surface area contributed by atoms with Gasteiger partial charge in [0.25, 0.3) is 0 Å². The summed E-state index contributed by atoms with van der Waals surface area (Å²) in [5, 5.41) is 5.41. The minimum absolute atomic E-state index is 0.172. The number of nitrogens with one attached hydrogen (secondary N) is 2. The first-order valence-corrected chi connectivity index (χ1v) is 9.65. The average Bonchev–Trinajstić information content (AvgIpc) is 2.68. The van der Waals surface area contributed by atoms with Crippen molar-refractivity contribution in [1.82, 2.24) is 10.2 Å². The molecule has 0 aliphatic rings. The van der Waals surface area contributed by atoms with Crippen molar-refractivity contribution in [2.24, 2.45) is 0 Å². The Morgan fingerprint density at radius 3 is 2.19 bits per heavy atom.